The van der Waals surface area contributed by atoms with Crippen LogP contribution in [0.4, 0.5) is 23.4 Å². The number of amides is 1. The molecular weight excluding hydrogens is 502 g/mol. The first-order valence-corrected chi connectivity index (χ1v) is 11.3. The Kier molecular flexibility index (Phi) is 5.99. The van der Waals surface area contributed by atoms with Crippen molar-refractivity contribution in [1.29, 1.82) is 0 Å². The Morgan fingerprint density at radius 2 is 2.00 bits per heavy atom. The molecule has 13 heteroatoms. The molecule has 0 spiro atoms. The SMILES string of the molecule is C[C@H](n1cnnc1-c1cccc(NC(=O)c2cc(-n3cnc(C4CC4)c3)c(Cl)cc2F)n1)C(F)(F)F. The molecule has 0 radical (unpaired) electrons. The van der Waals surface area contributed by atoms with Gasteiger partial charge in [0.2, 0.25) is 0 Å². The molecule has 1 aliphatic carbocycles. The maximum absolute atomic E-state index is 14.7. The molecule has 186 valence electrons. The highest BCUT2D eigenvalue weighted by Crippen LogP contribution is 2.39. The molecule has 0 bridgehead atoms. The zero-order valence-electron chi connectivity index (χ0n) is 18.7. The molecule has 0 saturated heterocycles. The number of benzene rings is 1. The van der Waals surface area contributed by atoms with E-state index in [2.05, 4.69) is 25.5 Å². The maximum Gasteiger partial charge on any atom is 0.408 e. The number of aromatic nitrogens is 6. The van der Waals surface area contributed by atoms with Crippen LogP contribution < -0.4 is 5.32 Å². The number of hydrogen-bond donors (Lipinski definition) is 1. The van der Waals surface area contributed by atoms with Crippen LogP contribution in [0, 0.1) is 5.82 Å². The van der Waals surface area contributed by atoms with E-state index < -0.39 is 23.9 Å². The lowest BCUT2D eigenvalue weighted by atomic mass is 10.1. The summed E-state index contributed by atoms with van der Waals surface area (Å²) in [5, 5.41) is 9.88. The van der Waals surface area contributed by atoms with Crippen LogP contribution in [0.25, 0.3) is 17.2 Å². The number of carbonyl (C=O) groups excluding carboxylic acids is 1. The number of nitrogens with zero attached hydrogens (tertiary/aromatic N) is 6. The second kappa shape index (κ2) is 9.01. The molecule has 3 heterocycles. The van der Waals surface area contributed by atoms with Crippen LogP contribution in [0.2, 0.25) is 5.02 Å². The molecule has 1 saturated carbocycles. The lowest BCUT2D eigenvalue weighted by Crippen LogP contribution is -2.24. The fourth-order valence-corrected chi connectivity index (χ4v) is 3.90. The molecule has 1 N–H and O–H groups in total. The lowest BCUT2D eigenvalue weighted by molar-refractivity contribution is -0.162. The summed E-state index contributed by atoms with van der Waals surface area (Å²) in [6.45, 7) is 0.966. The summed E-state index contributed by atoms with van der Waals surface area (Å²) in [5.41, 5.74) is 1.02. The number of imidazole rings is 1. The van der Waals surface area contributed by atoms with Gasteiger partial charge in [0, 0.05) is 12.1 Å². The van der Waals surface area contributed by atoms with E-state index in [1.807, 2.05) is 0 Å². The molecule has 1 fully saturated rings. The van der Waals surface area contributed by atoms with E-state index in [-0.39, 0.29) is 27.9 Å². The molecule has 4 aromatic rings. The van der Waals surface area contributed by atoms with Gasteiger partial charge in [-0.3, -0.25) is 4.79 Å². The Labute approximate surface area is 207 Å². The third-order valence-electron chi connectivity index (χ3n) is 5.84. The van der Waals surface area contributed by atoms with Crippen LogP contribution in [0.1, 0.15) is 47.8 Å². The van der Waals surface area contributed by atoms with Crippen molar-refractivity contribution in [2.45, 2.75) is 37.9 Å². The van der Waals surface area contributed by atoms with E-state index in [0.717, 1.165) is 42.4 Å². The van der Waals surface area contributed by atoms with Crippen molar-refractivity contribution in [1.82, 2.24) is 29.3 Å². The quantitative estimate of drug-likeness (QED) is 0.336. The van der Waals surface area contributed by atoms with E-state index >= 15 is 0 Å². The van der Waals surface area contributed by atoms with Crippen molar-refractivity contribution in [3.05, 3.63) is 71.3 Å². The minimum Gasteiger partial charge on any atom is -0.306 e. The third-order valence-corrected chi connectivity index (χ3v) is 6.14. The van der Waals surface area contributed by atoms with E-state index in [1.165, 1.54) is 24.3 Å². The molecule has 1 atom stereocenters. The fourth-order valence-electron chi connectivity index (χ4n) is 3.65. The molecule has 5 rings (SSSR count). The number of halogens is 5. The Morgan fingerprint density at radius 1 is 1.22 bits per heavy atom. The van der Waals surface area contributed by atoms with Crippen molar-refractivity contribution in [2.24, 2.45) is 0 Å². The summed E-state index contributed by atoms with van der Waals surface area (Å²) < 4.78 is 56.8. The molecular formula is C23H18ClF4N7O. The minimum absolute atomic E-state index is 0.0127. The van der Waals surface area contributed by atoms with Crippen molar-refractivity contribution in [3.8, 4) is 17.2 Å². The summed E-state index contributed by atoms with van der Waals surface area (Å²) in [5.74, 6) is -1.42. The molecule has 1 aliphatic rings. The highest BCUT2D eigenvalue weighted by atomic mass is 35.5. The number of anilines is 1. The van der Waals surface area contributed by atoms with Crippen molar-refractivity contribution in [3.63, 3.8) is 0 Å². The summed E-state index contributed by atoms with van der Waals surface area (Å²) in [6, 6.07) is 4.76. The van der Waals surface area contributed by atoms with Gasteiger partial charge in [-0.1, -0.05) is 17.7 Å². The topological polar surface area (TPSA) is 90.5 Å². The molecule has 1 amide bonds. The largest absolute Gasteiger partial charge is 0.408 e. The zero-order chi connectivity index (χ0) is 25.6. The normalized spacial score (nSPS) is 14.6. The van der Waals surface area contributed by atoms with Gasteiger partial charge in [-0.15, -0.1) is 10.2 Å². The van der Waals surface area contributed by atoms with Gasteiger partial charge in [0.15, 0.2) is 5.82 Å². The van der Waals surface area contributed by atoms with E-state index in [0.29, 0.717) is 11.6 Å². The second-order valence-electron chi connectivity index (χ2n) is 8.41. The molecule has 0 aliphatic heterocycles. The first-order chi connectivity index (χ1) is 17.1. The Morgan fingerprint density at radius 3 is 2.72 bits per heavy atom. The van der Waals surface area contributed by atoms with E-state index in [4.69, 9.17) is 11.6 Å². The van der Waals surface area contributed by atoms with Gasteiger partial charge < -0.3 is 14.5 Å². The Bertz CT molecular complexity index is 1440. The number of nitrogens with one attached hydrogen (secondary N) is 1. The first kappa shape index (κ1) is 23.9. The van der Waals surface area contributed by atoms with Crippen LogP contribution in [0.15, 0.2) is 49.2 Å². The minimum atomic E-state index is -4.53. The van der Waals surface area contributed by atoms with Crippen LogP contribution >= 0.6 is 11.6 Å². The Hall–Kier alpha value is -3.80. The van der Waals surface area contributed by atoms with Crippen LogP contribution in [-0.4, -0.2) is 41.4 Å². The average molecular weight is 520 g/mol. The molecule has 3 aromatic heterocycles. The van der Waals surface area contributed by atoms with Crippen LogP contribution in [0.5, 0.6) is 0 Å². The van der Waals surface area contributed by atoms with Gasteiger partial charge in [-0.05, 0) is 44.0 Å². The zero-order valence-corrected chi connectivity index (χ0v) is 19.4. The van der Waals surface area contributed by atoms with Gasteiger partial charge in [-0.25, -0.2) is 14.4 Å². The highest BCUT2D eigenvalue weighted by molar-refractivity contribution is 6.32. The third kappa shape index (κ3) is 4.68. The van der Waals surface area contributed by atoms with Crippen LogP contribution in [-0.2, 0) is 0 Å². The predicted octanol–water partition coefficient (Wildman–Crippen LogP) is 5.57. The lowest BCUT2D eigenvalue weighted by Gasteiger charge is -2.18. The number of rotatable bonds is 6. The van der Waals surface area contributed by atoms with Gasteiger partial charge in [0.05, 0.1) is 28.3 Å². The van der Waals surface area contributed by atoms with Crippen molar-refractivity contribution in [2.75, 3.05) is 5.32 Å². The number of alkyl halides is 3. The van der Waals surface area contributed by atoms with Crippen molar-refractivity contribution >= 4 is 23.3 Å². The summed E-state index contributed by atoms with van der Waals surface area (Å²) in [4.78, 5) is 21.4. The number of carbonyl (C=O) groups is 1. The standard InChI is InChI=1S/C23H18ClF4N7O/c1-12(23(26,27)28)35-11-30-33-21(35)17-3-2-4-20(31-17)32-22(36)14-7-19(15(24)8-16(14)25)34-9-18(29-10-34)13-5-6-13/h2-4,7-13H,5-6H2,1H3,(H,31,32,36)/t12-/m0/s1. The van der Waals surface area contributed by atoms with Gasteiger partial charge in [-0.2, -0.15) is 13.2 Å². The second-order valence-corrected chi connectivity index (χ2v) is 8.81. The Balaban J connectivity index is 1.41. The monoisotopic (exact) mass is 519 g/mol. The van der Waals surface area contributed by atoms with Gasteiger partial charge in [0.1, 0.15) is 29.7 Å². The predicted molar refractivity (Wildman–Crippen MR) is 122 cm³/mol. The molecule has 1 aromatic carbocycles. The van der Waals surface area contributed by atoms with Crippen LogP contribution in [0.3, 0.4) is 0 Å². The first-order valence-electron chi connectivity index (χ1n) is 10.9. The van der Waals surface area contributed by atoms with Gasteiger partial charge >= 0.3 is 6.18 Å². The molecule has 36 heavy (non-hydrogen) atoms. The molecule has 0 unspecified atom stereocenters. The van der Waals surface area contributed by atoms with E-state index in [1.54, 1.807) is 17.1 Å². The highest BCUT2D eigenvalue weighted by Gasteiger charge is 2.38. The van der Waals surface area contributed by atoms with Gasteiger partial charge in [0.25, 0.3) is 5.91 Å². The summed E-state index contributed by atoms with van der Waals surface area (Å²) in [6.07, 6.45) is 1.88. The number of hydrogen-bond acceptors (Lipinski definition) is 5. The van der Waals surface area contributed by atoms with E-state index in [9.17, 15) is 22.4 Å². The fraction of sp³-hybridized carbons (Fsp3) is 0.261. The average Bonchev–Trinajstić information content (AvgIpc) is 3.35. The maximum atomic E-state index is 14.7. The van der Waals surface area contributed by atoms with Crippen molar-refractivity contribution < 1.29 is 22.4 Å². The molecule has 8 nitrogen and oxygen atoms in total. The number of pyridine rings is 1. The summed E-state index contributed by atoms with van der Waals surface area (Å²) in [7, 11) is 0. The smallest absolute Gasteiger partial charge is 0.306 e. The summed E-state index contributed by atoms with van der Waals surface area (Å²) >= 11 is 6.23.